The summed E-state index contributed by atoms with van der Waals surface area (Å²) in [4.78, 5) is 51.2. The largest absolute Gasteiger partial charge is 0.461 e. The highest BCUT2D eigenvalue weighted by Crippen LogP contribution is 2.67. The summed E-state index contributed by atoms with van der Waals surface area (Å²) >= 11 is 1.36. The molecule has 3 aliphatic rings. The molecular formula is C36H54N2O7S. The average Bonchev–Trinajstić information content (AvgIpc) is 3.35. The fourth-order valence-corrected chi connectivity index (χ4v) is 9.28. The Labute approximate surface area is 278 Å². The molecule has 256 valence electrons. The number of ketones is 1. The summed E-state index contributed by atoms with van der Waals surface area (Å²) in [5.74, 6) is -0.227. The number of esters is 1. The number of ether oxygens (including phenoxy) is 2. The molecule has 46 heavy (non-hydrogen) atoms. The lowest BCUT2D eigenvalue weighted by Crippen LogP contribution is -2.64. The van der Waals surface area contributed by atoms with Crippen molar-refractivity contribution in [3.63, 3.8) is 0 Å². The Morgan fingerprint density at radius 3 is 2.46 bits per heavy atom. The lowest BCUT2D eigenvalue weighted by Gasteiger charge is -2.62. The summed E-state index contributed by atoms with van der Waals surface area (Å²) in [5.41, 5.74) is -1.52. The monoisotopic (exact) mass is 658 g/mol. The average molecular weight is 659 g/mol. The number of benzene rings is 1. The van der Waals surface area contributed by atoms with Crippen LogP contribution in [0.3, 0.4) is 0 Å². The summed E-state index contributed by atoms with van der Waals surface area (Å²) in [6, 6.07) is 7.08. The van der Waals surface area contributed by atoms with Gasteiger partial charge in [-0.3, -0.25) is 14.4 Å². The highest BCUT2D eigenvalue weighted by molar-refractivity contribution is 8.00. The predicted molar refractivity (Wildman–Crippen MR) is 179 cm³/mol. The first-order valence-electron chi connectivity index (χ1n) is 16.8. The van der Waals surface area contributed by atoms with Gasteiger partial charge >= 0.3 is 12.1 Å². The molecule has 3 saturated carbocycles. The van der Waals surface area contributed by atoms with Crippen LogP contribution in [0.4, 0.5) is 4.79 Å². The van der Waals surface area contributed by atoms with Crippen molar-refractivity contribution < 1.29 is 33.8 Å². The van der Waals surface area contributed by atoms with Gasteiger partial charge in [0, 0.05) is 46.7 Å². The molecule has 1 aromatic rings. The number of carbonyl (C=O) groups is 4. The number of aliphatic hydroxyl groups is 1. The molecule has 2 bridgehead atoms. The van der Waals surface area contributed by atoms with Gasteiger partial charge in [-0.25, -0.2) is 4.79 Å². The lowest BCUT2D eigenvalue weighted by molar-refractivity contribution is -0.210. The van der Waals surface area contributed by atoms with Crippen LogP contribution in [0.5, 0.6) is 0 Å². The van der Waals surface area contributed by atoms with E-state index < -0.39 is 34.7 Å². The Balaban J connectivity index is 1.52. The Bertz CT molecular complexity index is 1270. The first kappa shape index (κ1) is 36.4. The van der Waals surface area contributed by atoms with Gasteiger partial charge in [0.05, 0.1) is 11.9 Å². The van der Waals surface area contributed by atoms with Gasteiger partial charge in [-0.1, -0.05) is 39.8 Å². The van der Waals surface area contributed by atoms with Crippen molar-refractivity contribution in [3.05, 3.63) is 29.8 Å². The quantitative estimate of drug-likeness (QED) is 0.117. The third kappa shape index (κ3) is 7.65. The van der Waals surface area contributed by atoms with Crippen LogP contribution in [0.1, 0.15) is 97.3 Å². The number of rotatable bonds is 11. The van der Waals surface area contributed by atoms with Gasteiger partial charge in [-0.05, 0) is 88.8 Å². The molecule has 3 fully saturated rings. The van der Waals surface area contributed by atoms with Crippen LogP contribution < -0.4 is 10.6 Å². The van der Waals surface area contributed by atoms with E-state index in [9.17, 15) is 24.3 Å². The van der Waals surface area contributed by atoms with E-state index in [1.54, 1.807) is 12.1 Å². The molecule has 0 radical (unpaired) electrons. The number of aliphatic hydroxyl groups excluding tert-OH is 1. The number of hydrogen-bond donors (Lipinski definition) is 3. The summed E-state index contributed by atoms with van der Waals surface area (Å²) in [7, 11) is 0. The number of thioether (sulfide) groups is 1. The van der Waals surface area contributed by atoms with E-state index in [2.05, 4.69) is 38.3 Å². The molecule has 9 nitrogen and oxygen atoms in total. The van der Waals surface area contributed by atoms with Crippen molar-refractivity contribution in [2.45, 2.75) is 110 Å². The van der Waals surface area contributed by atoms with Crippen LogP contribution in [0.25, 0.3) is 0 Å². The molecule has 1 aromatic carbocycles. The van der Waals surface area contributed by atoms with Crippen molar-refractivity contribution >= 4 is 35.9 Å². The van der Waals surface area contributed by atoms with E-state index in [-0.39, 0.29) is 40.7 Å². The van der Waals surface area contributed by atoms with Crippen molar-refractivity contribution in [2.24, 2.45) is 34.0 Å². The number of carbonyl (C=O) groups excluding carboxylic acids is 4. The SMILES string of the molecule is C[C@@H]1CC[C@@]23CCC(=O)[C@H]2[C@]1(C)[C@H](OC(=O)CSc1ccc(C=O)cc1)C[C@](C)(CNCCCNC(=O)OC(C)(C)C)[C@@H](O)[C@@H]3C. The summed E-state index contributed by atoms with van der Waals surface area (Å²) < 4.78 is 11.7. The third-order valence-electron chi connectivity index (χ3n) is 11.3. The minimum absolute atomic E-state index is 0.0991. The Hall–Kier alpha value is -2.43. The minimum Gasteiger partial charge on any atom is -0.461 e. The van der Waals surface area contributed by atoms with Gasteiger partial charge < -0.3 is 25.2 Å². The predicted octanol–water partition coefficient (Wildman–Crippen LogP) is 5.82. The summed E-state index contributed by atoms with van der Waals surface area (Å²) in [6.07, 6.45) is 3.23. The van der Waals surface area contributed by atoms with E-state index in [1.807, 2.05) is 32.9 Å². The second-order valence-corrected chi connectivity index (χ2v) is 16.5. The molecule has 3 N–H and O–H groups in total. The first-order chi connectivity index (χ1) is 21.6. The highest BCUT2D eigenvalue weighted by atomic mass is 32.2. The van der Waals surface area contributed by atoms with Crippen LogP contribution in [-0.4, -0.2) is 72.4 Å². The maximum Gasteiger partial charge on any atom is 0.407 e. The van der Waals surface area contributed by atoms with E-state index in [0.717, 1.165) is 30.4 Å². The number of aldehydes is 1. The molecule has 0 aromatic heterocycles. The smallest absolute Gasteiger partial charge is 0.407 e. The molecule has 10 heteroatoms. The second kappa shape index (κ2) is 14.4. The summed E-state index contributed by atoms with van der Waals surface area (Å²) in [5, 5.41) is 18.4. The number of nitrogens with one attached hydrogen (secondary N) is 2. The zero-order valence-electron chi connectivity index (χ0n) is 28.6. The molecule has 0 spiro atoms. The summed E-state index contributed by atoms with van der Waals surface area (Å²) in [6.45, 7) is 15.6. The van der Waals surface area contributed by atoms with Gasteiger partial charge in [0.2, 0.25) is 0 Å². The number of Topliss-reactive ketones (excluding diaryl/α,β-unsaturated/α-hetero) is 1. The van der Waals surface area contributed by atoms with Crippen molar-refractivity contribution in [1.29, 1.82) is 0 Å². The molecule has 1 amide bonds. The molecule has 0 saturated heterocycles. The maximum absolute atomic E-state index is 13.7. The van der Waals surface area contributed by atoms with Crippen LogP contribution in [0, 0.1) is 34.0 Å². The minimum atomic E-state index is -0.710. The highest BCUT2D eigenvalue weighted by Gasteiger charge is 2.68. The second-order valence-electron chi connectivity index (χ2n) is 15.4. The third-order valence-corrected chi connectivity index (χ3v) is 12.3. The Kier molecular flexibility index (Phi) is 11.4. The molecule has 4 rings (SSSR count). The maximum atomic E-state index is 13.7. The molecular weight excluding hydrogens is 604 g/mol. The van der Waals surface area contributed by atoms with Crippen molar-refractivity contribution in [1.82, 2.24) is 10.6 Å². The van der Waals surface area contributed by atoms with E-state index >= 15 is 0 Å². The first-order valence-corrected chi connectivity index (χ1v) is 17.8. The van der Waals surface area contributed by atoms with Crippen molar-refractivity contribution in [3.8, 4) is 0 Å². The van der Waals surface area contributed by atoms with E-state index in [1.165, 1.54) is 11.8 Å². The van der Waals surface area contributed by atoms with E-state index in [0.29, 0.717) is 44.5 Å². The van der Waals surface area contributed by atoms with Crippen LogP contribution >= 0.6 is 11.8 Å². The molecule has 3 aliphatic carbocycles. The fraction of sp³-hybridized carbons (Fsp3) is 0.722. The van der Waals surface area contributed by atoms with Gasteiger partial charge in [0.25, 0.3) is 0 Å². The Morgan fingerprint density at radius 2 is 1.80 bits per heavy atom. The van der Waals surface area contributed by atoms with Crippen LogP contribution in [0.15, 0.2) is 29.2 Å². The lowest BCUT2D eigenvalue weighted by atomic mass is 9.44. The topological polar surface area (TPSA) is 131 Å². The van der Waals surface area contributed by atoms with Crippen LogP contribution in [-0.2, 0) is 19.1 Å². The standard InChI is InChI=1S/C36H54N2O7S/c1-23-13-15-36-16-14-27(40)30(36)35(23,7)28(44-29(41)21-46-26-11-9-25(20-39)10-12-26)19-34(6,31(42)24(36)2)22-37-17-8-18-38-32(43)45-33(3,4)5/h9-12,20,23-24,28,30-31,37,42H,8,13-19,21-22H2,1-7H3,(H,38,43)/t23-,24+,28-,30+,31+,34-,35+,36+/m1/s1. The van der Waals surface area contributed by atoms with Gasteiger partial charge in [-0.2, -0.15) is 0 Å². The van der Waals surface area contributed by atoms with E-state index in [4.69, 9.17) is 9.47 Å². The number of alkyl carbamates (subject to hydrolysis) is 1. The number of amides is 1. The normalized spacial score (nSPS) is 34.2. The fourth-order valence-electron chi connectivity index (χ4n) is 8.60. The van der Waals surface area contributed by atoms with Gasteiger partial charge in [0.1, 0.15) is 23.8 Å². The van der Waals surface area contributed by atoms with Gasteiger partial charge in [-0.15, -0.1) is 11.8 Å². The van der Waals surface area contributed by atoms with Gasteiger partial charge in [0.15, 0.2) is 0 Å². The Morgan fingerprint density at radius 1 is 1.11 bits per heavy atom. The zero-order valence-corrected chi connectivity index (χ0v) is 29.5. The van der Waals surface area contributed by atoms with Crippen molar-refractivity contribution in [2.75, 3.05) is 25.4 Å². The molecule has 0 aliphatic heterocycles. The van der Waals surface area contributed by atoms with Crippen LogP contribution in [0.2, 0.25) is 0 Å². The molecule has 0 heterocycles. The number of hydrogen-bond acceptors (Lipinski definition) is 9. The zero-order chi connectivity index (χ0) is 33.9. The molecule has 0 unspecified atom stereocenters. The molecule has 8 atom stereocenters.